The van der Waals surface area contributed by atoms with Gasteiger partial charge in [0.1, 0.15) is 0 Å². The molecule has 0 atom stereocenters. The van der Waals surface area contributed by atoms with E-state index in [1.165, 1.54) is 17.5 Å². The molecule has 0 aromatic carbocycles. The van der Waals surface area contributed by atoms with Gasteiger partial charge in [0.25, 0.3) is 0 Å². The van der Waals surface area contributed by atoms with Gasteiger partial charge in [0.15, 0.2) is 11.3 Å². The highest BCUT2D eigenvalue weighted by atomic mass is 16.4. The molecule has 0 aliphatic carbocycles. The predicted molar refractivity (Wildman–Crippen MR) is 95.5 cm³/mol. The van der Waals surface area contributed by atoms with Crippen LogP contribution in [0.3, 0.4) is 0 Å². The van der Waals surface area contributed by atoms with Gasteiger partial charge >= 0.3 is 5.97 Å². The number of likely N-dealkylation sites (N-methyl/N-ethyl adjacent to an activating group) is 1. The summed E-state index contributed by atoms with van der Waals surface area (Å²) in [5, 5.41) is 15.9. The molecule has 0 fully saturated rings. The topological polar surface area (TPSA) is 113 Å². The Hall–Kier alpha value is -3.49. The van der Waals surface area contributed by atoms with Crippen LogP contribution in [0.5, 0.6) is 0 Å². The summed E-state index contributed by atoms with van der Waals surface area (Å²) in [4.78, 5) is 32.9. The molecule has 9 nitrogen and oxygen atoms in total. The van der Waals surface area contributed by atoms with Crippen LogP contribution >= 0.6 is 0 Å². The first kappa shape index (κ1) is 17.3. The monoisotopic (exact) mass is 354 g/mol. The minimum Gasteiger partial charge on any atom is -0.477 e. The van der Waals surface area contributed by atoms with E-state index < -0.39 is 5.97 Å². The standard InChI is InChI=1S/C17H18N6O3/c1-11(24)19-17-20-15-13(3-4-14(16(25)26)23(15)21-17)22(2)10-7-12-5-8-18-9-6-12/h3-6,8-9H,7,10H2,1-2H3,(H,25,26)(H,19,21,24). The molecule has 3 aromatic heterocycles. The van der Waals surface area contributed by atoms with Crippen LogP contribution in [-0.2, 0) is 11.2 Å². The maximum Gasteiger partial charge on any atom is 0.354 e. The number of carboxylic acid groups (broad SMARTS) is 1. The van der Waals surface area contributed by atoms with Gasteiger partial charge in [-0.25, -0.2) is 9.31 Å². The molecule has 0 spiro atoms. The van der Waals surface area contributed by atoms with E-state index in [0.717, 1.165) is 12.0 Å². The SMILES string of the molecule is CC(=O)Nc1nc2c(N(C)CCc3ccncc3)ccc(C(=O)O)n2n1. The fourth-order valence-electron chi connectivity index (χ4n) is 2.59. The number of aromatic nitrogens is 4. The van der Waals surface area contributed by atoms with Gasteiger partial charge in [-0.2, -0.15) is 4.98 Å². The maximum absolute atomic E-state index is 11.4. The van der Waals surface area contributed by atoms with Crippen LogP contribution in [0.1, 0.15) is 23.0 Å². The molecule has 0 unspecified atom stereocenters. The van der Waals surface area contributed by atoms with Crippen LogP contribution in [0.15, 0.2) is 36.7 Å². The molecule has 3 rings (SSSR count). The van der Waals surface area contributed by atoms with Gasteiger partial charge in [0.2, 0.25) is 11.9 Å². The summed E-state index contributed by atoms with van der Waals surface area (Å²) in [6.45, 7) is 2.03. The van der Waals surface area contributed by atoms with Crippen LogP contribution in [0.2, 0.25) is 0 Å². The lowest BCUT2D eigenvalue weighted by molar-refractivity contribution is -0.114. The first-order valence-corrected chi connectivity index (χ1v) is 7.96. The summed E-state index contributed by atoms with van der Waals surface area (Å²) in [5.74, 6) is -1.39. The maximum atomic E-state index is 11.4. The number of nitrogens with one attached hydrogen (secondary N) is 1. The largest absolute Gasteiger partial charge is 0.477 e. The number of amides is 1. The average Bonchev–Trinajstić information content (AvgIpc) is 3.01. The van der Waals surface area contributed by atoms with Gasteiger partial charge in [0, 0.05) is 32.9 Å². The van der Waals surface area contributed by atoms with Crippen molar-refractivity contribution < 1.29 is 14.7 Å². The molecule has 0 aliphatic rings. The molecule has 3 heterocycles. The molecule has 0 radical (unpaired) electrons. The van der Waals surface area contributed by atoms with E-state index in [2.05, 4.69) is 20.4 Å². The molecule has 2 N–H and O–H groups in total. The van der Waals surface area contributed by atoms with Crippen molar-refractivity contribution in [3.8, 4) is 0 Å². The van der Waals surface area contributed by atoms with Gasteiger partial charge < -0.3 is 10.0 Å². The average molecular weight is 354 g/mol. The van der Waals surface area contributed by atoms with Crippen LogP contribution in [-0.4, -0.2) is 50.2 Å². The number of carboxylic acids is 1. The van der Waals surface area contributed by atoms with Crippen LogP contribution in [0.25, 0.3) is 5.65 Å². The first-order valence-electron chi connectivity index (χ1n) is 7.96. The number of carbonyl (C=O) groups is 2. The summed E-state index contributed by atoms with van der Waals surface area (Å²) in [5.41, 5.74) is 2.19. The van der Waals surface area contributed by atoms with E-state index in [1.807, 2.05) is 24.1 Å². The van der Waals surface area contributed by atoms with Crippen LogP contribution < -0.4 is 10.2 Å². The number of nitrogens with zero attached hydrogens (tertiary/aromatic N) is 5. The molecule has 26 heavy (non-hydrogen) atoms. The molecule has 0 saturated heterocycles. The minimum absolute atomic E-state index is 0.0321. The van der Waals surface area contributed by atoms with Gasteiger partial charge in [0.05, 0.1) is 5.69 Å². The lowest BCUT2D eigenvalue weighted by atomic mass is 10.2. The number of hydrogen-bond acceptors (Lipinski definition) is 6. The Morgan fingerprint density at radius 1 is 1.23 bits per heavy atom. The number of anilines is 2. The van der Waals surface area contributed by atoms with Crippen molar-refractivity contribution in [2.45, 2.75) is 13.3 Å². The molecular formula is C17H18N6O3. The lowest BCUT2D eigenvalue weighted by Gasteiger charge is -2.20. The lowest BCUT2D eigenvalue weighted by Crippen LogP contribution is -2.22. The summed E-state index contributed by atoms with van der Waals surface area (Å²) < 4.78 is 1.23. The third kappa shape index (κ3) is 3.61. The second-order valence-corrected chi connectivity index (χ2v) is 5.79. The highest BCUT2D eigenvalue weighted by molar-refractivity contribution is 5.90. The second-order valence-electron chi connectivity index (χ2n) is 5.79. The number of fused-ring (bicyclic) bond motifs is 1. The predicted octanol–water partition coefficient (Wildman–Crippen LogP) is 1.46. The molecule has 3 aromatic rings. The van der Waals surface area contributed by atoms with E-state index in [1.54, 1.807) is 18.5 Å². The fourth-order valence-corrected chi connectivity index (χ4v) is 2.59. The van der Waals surface area contributed by atoms with E-state index in [-0.39, 0.29) is 17.5 Å². The first-order chi connectivity index (χ1) is 12.5. The summed E-state index contributed by atoms with van der Waals surface area (Å²) in [7, 11) is 1.89. The van der Waals surface area contributed by atoms with E-state index >= 15 is 0 Å². The molecule has 9 heteroatoms. The Kier molecular flexibility index (Phi) is 4.78. The number of rotatable bonds is 6. The summed E-state index contributed by atoms with van der Waals surface area (Å²) >= 11 is 0. The Morgan fingerprint density at radius 3 is 2.62 bits per heavy atom. The number of hydrogen-bond donors (Lipinski definition) is 2. The molecule has 0 bridgehead atoms. The van der Waals surface area contributed by atoms with Crippen molar-refractivity contribution in [2.75, 3.05) is 23.8 Å². The van der Waals surface area contributed by atoms with E-state index in [4.69, 9.17) is 0 Å². The molecule has 0 saturated carbocycles. The van der Waals surface area contributed by atoms with Crippen molar-refractivity contribution in [1.29, 1.82) is 0 Å². The smallest absolute Gasteiger partial charge is 0.354 e. The second kappa shape index (κ2) is 7.18. The summed E-state index contributed by atoms with van der Waals surface area (Å²) in [6.07, 6.45) is 4.28. The molecular weight excluding hydrogens is 336 g/mol. The normalized spacial score (nSPS) is 10.7. The zero-order chi connectivity index (χ0) is 18.7. The van der Waals surface area contributed by atoms with Crippen molar-refractivity contribution in [3.05, 3.63) is 47.9 Å². The van der Waals surface area contributed by atoms with E-state index in [9.17, 15) is 14.7 Å². The van der Waals surface area contributed by atoms with Gasteiger partial charge in [-0.1, -0.05) is 0 Å². The third-order valence-electron chi connectivity index (χ3n) is 3.87. The Bertz CT molecular complexity index is 954. The highest BCUT2D eigenvalue weighted by Gasteiger charge is 2.18. The number of pyridine rings is 2. The van der Waals surface area contributed by atoms with Gasteiger partial charge in [-0.05, 0) is 36.2 Å². The molecule has 134 valence electrons. The Balaban J connectivity index is 1.94. The zero-order valence-electron chi connectivity index (χ0n) is 14.4. The summed E-state index contributed by atoms with van der Waals surface area (Å²) in [6, 6.07) is 7.06. The Morgan fingerprint density at radius 2 is 1.96 bits per heavy atom. The number of carbonyl (C=O) groups excluding carboxylic acids is 1. The fraction of sp³-hybridized carbons (Fsp3) is 0.235. The van der Waals surface area contributed by atoms with Crippen LogP contribution in [0, 0.1) is 0 Å². The van der Waals surface area contributed by atoms with Crippen molar-refractivity contribution in [3.63, 3.8) is 0 Å². The van der Waals surface area contributed by atoms with Crippen molar-refractivity contribution in [2.24, 2.45) is 0 Å². The highest BCUT2D eigenvalue weighted by Crippen LogP contribution is 2.22. The number of aromatic carboxylic acids is 1. The van der Waals surface area contributed by atoms with Crippen LogP contribution in [0.4, 0.5) is 11.6 Å². The van der Waals surface area contributed by atoms with Crippen molar-refractivity contribution in [1.82, 2.24) is 19.6 Å². The zero-order valence-corrected chi connectivity index (χ0v) is 14.4. The van der Waals surface area contributed by atoms with Gasteiger partial charge in [-0.15, -0.1) is 5.10 Å². The molecule has 1 amide bonds. The Labute approximate surface area is 149 Å². The quantitative estimate of drug-likeness (QED) is 0.689. The third-order valence-corrected chi connectivity index (χ3v) is 3.87. The minimum atomic E-state index is -1.12. The molecule has 0 aliphatic heterocycles. The van der Waals surface area contributed by atoms with E-state index in [0.29, 0.717) is 17.9 Å². The van der Waals surface area contributed by atoms with Crippen molar-refractivity contribution >= 4 is 29.2 Å². The van der Waals surface area contributed by atoms with Gasteiger partial charge in [-0.3, -0.25) is 15.1 Å².